The Balaban J connectivity index is 1.96. The van der Waals surface area contributed by atoms with E-state index in [-0.39, 0.29) is 23.3 Å². The number of carbonyl (C=O) groups is 3. The summed E-state index contributed by atoms with van der Waals surface area (Å²) in [5.41, 5.74) is 2.05. The quantitative estimate of drug-likeness (QED) is 0.711. The van der Waals surface area contributed by atoms with Crippen LogP contribution in [0.2, 0.25) is 0 Å². The maximum atomic E-state index is 12.2. The van der Waals surface area contributed by atoms with E-state index in [2.05, 4.69) is 10.6 Å². The van der Waals surface area contributed by atoms with Crippen LogP contribution in [0.25, 0.3) is 0 Å². The van der Waals surface area contributed by atoms with Gasteiger partial charge in [0.15, 0.2) is 0 Å². The molecule has 1 atom stereocenters. The van der Waals surface area contributed by atoms with Crippen molar-refractivity contribution in [2.24, 2.45) is 5.92 Å². The molecule has 0 bridgehead atoms. The van der Waals surface area contributed by atoms with E-state index in [4.69, 9.17) is 5.11 Å². The lowest BCUT2D eigenvalue weighted by atomic mass is 10.1. The molecule has 136 valence electrons. The number of hydrogen-bond donors (Lipinski definition) is 3. The molecule has 0 spiro atoms. The second-order valence-electron chi connectivity index (χ2n) is 6.06. The molecule has 0 radical (unpaired) electrons. The first-order valence-electron chi connectivity index (χ1n) is 8.42. The number of nitrogens with one attached hydrogen (secondary N) is 2. The van der Waals surface area contributed by atoms with E-state index in [0.29, 0.717) is 17.8 Å². The van der Waals surface area contributed by atoms with Gasteiger partial charge in [0.1, 0.15) is 0 Å². The number of anilines is 1. The predicted molar refractivity (Wildman–Crippen MR) is 99.1 cm³/mol. The zero-order valence-corrected chi connectivity index (χ0v) is 14.8. The molecule has 0 aromatic heterocycles. The third-order valence-electron chi connectivity index (χ3n) is 4.10. The lowest BCUT2D eigenvalue weighted by molar-refractivity contribution is -0.119. The number of benzene rings is 2. The van der Waals surface area contributed by atoms with Crippen molar-refractivity contribution in [2.75, 3.05) is 5.32 Å². The molecule has 3 N–H and O–H groups in total. The first-order chi connectivity index (χ1) is 12.4. The molecule has 2 amide bonds. The molecule has 2 rings (SSSR count). The summed E-state index contributed by atoms with van der Waals surface area (Å²) in [6.45, 7) is 4.13. The zero-order valence-electron chi connectivity index (χ0n) is 14.8. The van der Waals surface area contributed by atoms with Crippen LogP contribution in [-0.2, 0) is 11.3 Å². The molecule has 0 saturated heterocycles. The van der Waals surface area contributed by atoms with Gasteiger partial charge in [-0.25, -0.2) is 4.79 Å². The summed E-state index contributed by atoms with van der Waals surface area (Å²) in [7, 11) is 0. The standard InChI is InChI=1S/C20H22N2O4/c1-3-13(2)18(23)22-17-6-4-5-14(11-17)12-21-19(24)15-7-9-16(10-8-15)20(25)26/h4-11,13H,3,12H2,1-2H3,(H,21,24)(H,22,23)(H,25,26). The SMILES string of the molecule is CCC(C)C(=O)Nc1cccc(CNC(=O)c2ccc(C(=O)O)cc2)c1. The molecule has 0 fully saturated rings. The van der Waals surface area contributed by atoms with Crippen molar-refractivity contribution in [1.29, 1.82) is 0 Å². The summed E-state index contributed by atoms with van der Waals surface area (Å²) >= 11 is 0. The highest BCUT2D eigenvalue weighted by molar-refractivity contribution is 5.96. The Labute approximate surface area is 152 Å². The molecule has 2 aromatic carbocycles. The topological polar surface area (TPSA) is 95.5 Å². The Morgan fingerprint density at radius 3 is 2.31 bits per heavy atom. The van der Waals surface area contributed by atoms with E-state index in [1.165, 1.54) is 24.3 Å². The van der Waals surface area contributed by atoms with Gasteiger partial charge in [-0.15, -0.1) is 0 Å². The van der Waals surface area contributed by atoms with Crippen LogP contribution in [-0.4, -0.2) is 22.9 Å². The van der Waals surface area contributed by atoms with Crippen molar-refractivity contribution in [3.63, 3.8) is 0 Å². The lowest BCUT2D eigenvalue weighted by Crippen LogP contribution is -2.23. The summed E-state index contributed by atoms with van der Waals surface area (Å²) in [6, 6.07) is 13.0. The minimum Gasteiger partial charge on any atom is -0.478 e. The minimum absolute atomic E-state index is 0.0350. The number of carboxylic acids is 1. The maximum absolute atomic E-state index is 12.2. The smallest absolute Gasteiger partial charge is 0.335 e. The Morgan fingerprint density at radius 2 is 1.69 bits per heavy atom. The maximum Gasteiger partial charge on any atom is 0.335 e. The number of carbonyl (C=O) groups excluding carboxylic acids is 2. The minimum atomic E-state index is -1.03. The average Bonchev–Trinajstić information content (AvgIpc) is 2.65. The monoisotopic (exact) mass is 354 g/mol. The van der Waals surface area contributed by atoms with Gasteiger partial charge in [0.2, 0.25) is 5.91 Å². The van der Waals surface area contributed by atoms with Crippen molar-refractivity contribution in [1.82, 2.24) is 5.32 Å². The zero-order chi connectivity index (χ0) is 19.1. The number of rotatable bonds is 7. The lowest BCUT2D eigenvalue weighted by Gasteiger charge is -2.11. The van der Waals surface area contributed by atoms with Crippen molar-refractivity contribution in [3.05, 3.63) is 65.2 Å². The first kappa shape index (κ1) is 19.2. The van der Waals surface area contributed by atoms with E-state index in [1.54, 1.807) is 6.07 Å². The van der Waals surface area contributed by atoms with Crippen molar-refractivity contribution < 1.29 is 19.5 Å². The molecule has 0 aliphatic carbocycles. The number of hydrogen-bond acceptors (Lipinski definition) is 3. The highest BCUT2D eigenvalue weighted by Gasteiger charge is 2.11. The number of aromatic carboxylic acids is 1. The molecule has 0 saturated carbocycles. The van der Waals surface area contributed by atoms with Gasteiger partial charge in [-0.1, -0.05) is 26.0 Å². The van der Waals surface area contributed by atoms with Crippen LogP contribution in [0, 0.1) is 5.92 Å². The average molecular weight is 354 g/mol. The summed E-state index contributed by atoms with van der Waals surface area (Å²) in [5.74, 6) is -1.43. The molecule has 1 unspecified atom stereocenters. The fourth-order valence-corrected chi connectivity index (χ4v) is 2.26. The van der Waals surface area contributed by atoms with Crippen LogP contribution in [0.5, 0.6) is 0 Å². The van der Waals surface area contributed by atoms with Crippen LogP contribution in [0.3, 0.4) is 0 Å². The summed E-state index contributed by atoms with van der Waals surface area (Å²) in [6.07, 6.45) is 0.766. The van der Waals surface area contributed by atoms with Crippen LogP contribution in [0.15, 0.2) is 48.5 Å². The second kappa shape index (κ2) is 8.80. The fourth-order valence-electron chi connectivity index (χ4n) is 2.26. The Hall–Kier alpha value is -3.15. The van der Waals surface area contributed by atoms with E-state index in [1.807, 2.05) is 32.0 Å². The van der Waals surface area contributed by atoms with Gasteiger partial charge < -0.3 is 15.7 Å². The van der Waals surface area contributed by atoms with Crippen LogP contribution in [0.1, 0.15) is 46.5 Å². The van der Waals surface area contributed by atoms with E-state index >= 15 is 0 Å². The van der Waals surface area contributed by atoms with Gasteiger partial charge in [-0.3, -0.25) is 9.59 Å². The van der Waals surface area contributed by atoms with E-state index < -0.39 is 5.97 Å². The molecule has 0 aliphatic rings. The summed E-state index contributed by atoms with van der Waals surface area (Å²) < 4.78 is 0. The Kier molecular flexibility index (Phi) is 6.49. The molecule has 2 aromatic rings. The van der Waals surface area contributed by atoms with Gasteiger partial charge in [-0.2, -0.15) is 0 Å². The van der Waals surface area contributed by atoms with Crippen molar-refractivity contribution >= 4 is 23.5 Å². The molecule has 6 nitrogen and oxygen atoms in total. The summed E-state index contributed by atoms with van der Waals surface area (Å²) in [4.78, 5) is 35.0. The molecule has 0 aliphatic heterocycles. The number of carboxylic acid groups (broad SMARTS) is 1. The largest absolute Gasteiger partial charge is 0.478 e. The third-order valence-corrected chi connectivity index (χ3v) is 4.10. The first-order valence-corrected chi connectivity index (χ1v) is 8.42. The van der Waals surface area contributed by atoms with Crippen LogP contribution in [0.4, 0.5) is 5.69 Å². The van der Waals surface area contributed by atoms with Crippen LogP contribution >= 0.6 is 0 Å². The second-order valence-corrected chi connectivity index (χ2v) is 6.06. The Bertz CT molecular complexity index is 800. The van der Waals surface area contributed by atoms with Crippen LogP contribution < -0.4 is 10.6 Å². The van der Waals surface area contributed by atoms with Gasteiger partial charge >= 0.3 is 5.97 Å². The van der Waals surface area contributed by atoms with E-state index in [9.17, 15) is 14.4 Å². The summed E-state index contributed by atoms with van der Waals surface area (Å²) in [5, 5.41) is 14.5. The van der Waals surface area contributed by atoms with Gasteiger partial charge in [0.05, 0.1) is 5.56 Å². The molecule has 6 heteroatoms. The molecule has 26 heavy (non-hydrogen) atoms. The molecule has 0 heterocycles. The normalized spacial score (nSPS) is 11.5. The van der Waals surface area contributed by atoms with Gasteiger partial charge in [-0.05, 0) is 48.4 Å². The highest BCUT2D eigenvalue weighted by atomic mass is 16.4. The highest BCUT2D eigenvalue weighted by Crippen LogP contribution is 2.13. The van der Waals surface area contributed by atoms with E-state index in [0.717, 1.165) is 12.0 Å². The van der Waals surface area contributed by atoms with Crippen molar-refractivity contribution in [3.8, 4) is 0 Å². The number of amides is 2. The fraction of sp³-hybridized carbons (Fsp3) is 0.250. The molecular weight excluding hydrogens is 332 g/mol. The third kappa shape index (κ3) is 5.17. The molecular formula is C20H22N2O4. The van der Waals surface area contributed by atoms with Gasteiger partial charge in [0.25, 0.3) is 5.91 Å². The van der Waals surface area contributed by atoms with Gasteiger partial charge in [0, 0.05) is 23.7 Å². The predicted octanol–water partition coefficient (Wildman–Crippen LogP) is 3.30. The Morgan fingerprint density at radius 1 is 1.04 bits per heavy atom. The van der Waals surface area contributed by atoms with Crippen molar-refractivity contribution in [2.45, 2.75) is 26.8 Å².